The maximum absolute atomic E-state index is 11.3. The predicted molar refractivity (Wildman–Crippen MR) is 142 cm³/mol. The summed E-state index contributed by atoms with van der Waals surface area (Å²) in [5, 5.41) is 0.910. The first-order valence-electron chi connectivity index (χ1n) is 10.3. The molecule has 1 heterocycles. The van der Waals surface area contributed by atoms with Crippen molar-refractivity contribution in [1.29, 1.82) is 0 Å². The van der Waals surface area contributed by atoms with E-state index in [1.807, 2.05) is 25.1 Å². The number of pyridine rings is 1. The molecular weight excluding hydrogens is 584 g/mol. The Balaban J connectivity index is 0.000000273. The zero-order valence-corrected chi connectivity index (χ0v) is 22.7. The smallest absolute Gasteiger partial charge is 0.339 e. The number of carbonyl (C=O) groups is 3. The van der Waals surface area contributed by atoms with Crippen molar-refractivity contribution in [3.05, 3.63) is 81.1 Å². The number of nitrogen functional groups attached to an aromatic ring is 1. The lowest BCUT2D eigenvalue weighted by atomic mass is 10.1. The fourth-order valence-electron chi connectivity index (χ4n) is 2.37. The Labute approximate surface area is 220 Å². The number of hydrogen-bond acceptors (Lipinski definition) is 8. The van der Waals surface area contributed by atoms with Crippen molar-refractivity contribution >= 4 is 66.7 Å². The molecule has 0 fully saturated rings. The molecule has 0 aliphatic carbocycles. The van der Waals surface area contributed by atoms with Gasteiger partial charge in [0.2, 0.25) is 0 Å². The van der Waals surface area contributed by atoms with Gasteiger partial charge in [0.05, 0.1) is 43.7 Å². The first-order chi connectivity index (χ1) is 16.7. The highest BCUT2D eigenvalue weighted by molar-refractivity contribution is 9.10. The molecule has 0 bridgehead atoms. The third-order valence-electron chi connectivity index (χ3n) is 3.99. The molecule has 0 aliphatic heterocycles. The highest BCUT2D eigenvalue weighted by Gasteiger charge is 2.06. The molecule has 3 rings (SSSR count). The van der Waals surface area contributed by atoms with E-state index in [1.54, 1.807) is 31.2 Å². The van der Waals surface area contributed by atoms with Gasteiger partial charge in [0.1, 0.15) is 0 Å². The number of rotatable bonds is 6. The number of hydrogen-bond donors (Lipinski definition) is 1. The van der Waals surface area contributed by atoms with Crippen LogP contribution in [0, 0.1) is 0 Å². The maximum atomic E-state index is 11.3. The highest BCUT2D eigenvalue weighted by atomic mass is 79.9. The van der Waals surface area contributed by atoms with Crippen LogP contribution in [0.2, 0.25) is 0 Å². The maximum Gasteiger partial charge on any atom is 0.339 e. The third kappa shape index (κ3) is 11.2. The molecule has 35 heavy (non-hydrogen) atoms. The van der Waals surface area contributed by atoms with Crippen LogP contribution in [-0.2, 0) is 19.0 Å². The normalized spacial score (nSPS) is 9.86. The van der Waals surface area contributed by atoms with Crippen LogP contribution < -0.4 is 5.73 Å². The molecule has 0 saturated carbocycles. The second-order valence-corrected chi connectivity index (χ2v) is 8.29. The van der Waals surface area contributed by atoms with Crippen LogP contribution in [0.25, 0.3) is 10.9 Å². The van der Waals surface area contributed by atoms with Gasteiger partial charge in [-0.15, -0.1) is 0 Å². The number of fused-ring (bicyclic) bond motifs is 1. The quantitative estimate of drug-likeness (QED) is 0.124. The van der Waals surface area contributed by atoms with Crippen molar-refractivity contribution in [2.75, 3.05) is 26.1 Å². The van der Waals surface area contributed by atoms with Crippen LogP contribution >= 0.6 is 31.9 Å². The van der Waals surface area contributed by atoms with Crippen molar-refractivity contribution in [1.82, 2.24) is 4.98 Å². The van der Waals surface area contributed by atoms with Gasteiger partial charge in [-0.1, -0.05) is 31.9 Å². The minimum absolute atomic E-state index is 0.365. The van der Waals surface area contributed by atoms with E-state index in [0.29, 0.717) is 30.0 Å². The van der Waals surface area contributed by atoms with Gasteiger partial charge in [-0.25, -0.2) is 9.59 Å². The molecule has 3 aromatic rings. The Morgan fingerprint density at radius 3 is 2.31 bits per heavy atom. The summed E-state index contributed by atoms with van der Waals surface area (Å²) in [6.45, 7) is 4.56. The number of ether oxygens (including phenoxy) is 3. The number of carbonyl (C=O) groups excluding carboxylic acids is 3. The van der Waals surface area contributed by atoms with E-state index in [0.717, 1.165) is 26.1 Å². The van der Waals surface area contributed by atoms with Crippen molar-refractivity contribution < 1.29 is 28.6 Å². The fourth-order valence-corrected chi connectivity index (χ4v) is 3.13. The summed E-state index contributed by atoms with van der Waals surface area (Å²) in [6, 6.07) is 12.6. The summed E-state index contributed by atoms with van der Waals surface area (Å²) in [5.41, 5.74) is 7.80. The molecule has 0 aliphatic rings. The molecule has 0 amide bonds. The van der Waals surface area contributed by atoms with Crippen LogP contribution in [0.3, 0.4) is 0 Å². The molecule has 10 heteroatoms. The van der Waals surface area contributed by atoms with Crippen molar-refractivity contribution in [3.8, 4) is 0 Å². The molecule has 8 nitrogen and oxygen atoms in total. The number of aldehydes is 1. The van der Waals surface area contributed by atoms with E-state index >= 15 is 0 Å². The minimum atomic E-state index is -0.371. The summed E-state index contributed by atoms with van der Waals surface area (Å²) in [7, 11) is 1.35. The Morgan fingerprint density at radius 1 is 1.03 bits per heavy atom. The number of benzene rings is 2. The molecule has 186 valence electrons. The van der Waals surface area contributed by atoms with E-state index in [4.69, 9.17) is 10.5 Å². The molecule has 0 atom stereocenters. The lowest BCUT2D eigenvalue weighted by Crippen LogP contribution is -2.01. The summed E-state index contributed by atoms with van der Waals surface area (Å²) in [6.07, 6.45) is 4.84. The number of nitrogens with zero attached hydrogens (tertiary/aromatic N) is 1. The van der Waals surface area contributed by atoms with Crippen molar-refractivity contribution in [2.45, 2.75) is 13.8 Å². The zero-order valence-electron chi connectivity index (χ0n) is 19.5. The van der Waals surface area contributed by atoms with Gasteiger partial charge >= 0.3 is 11.9 Å². The number of halogens is 2. The number of esters is 2. The standard InChI is InChI=1S/C11H8BrNO2.C7H6BrNO.C7H12O3/c1-15-11(14)8-4-7-5-9(12)2-3-10(7)13-6-8;8-6-1-2-7(9)5(3-6)4-10;1-3-9-6-5-7(8)10-4-2/h2-6H,1H3;1-4H,9H2;5-6H,3-4H2,1-2H3/b;;6-5+. The molecular formula is C25H26Br2N2O6. The van der Waals surface area contributed by atoms with Crippen LogP contribution in [0.5, 0.6) is 0 Å². The van der Waals surface area contributed by atoms with E-state index in [2.05, 4.69) is 46.3 Å². The van der Waals surface area contributed by atoms with E-state index in [-0.39, 0.29) is 11.9 Å². The Kier molecular flexibility index (Phi) is 14.0. The van der Waals surface area contributed by atoms with Gasteiger partial charge in [0.25, 0.3) is 0 Å². The first kappa shape index (κ1) is 29.8. The predicted octanol–water partition coefficient (Wildman–Crippen LogP) is 5.73. The van der Waals surface area contributed by atoms with Gasteiger partial charge in [-0.3, -0.25) is 9.78 Å². The largest absolute Gasteiger partial charge is 0.501 e. The van der Waals surface area contributed by atoms with E-state index in [9.17, 15) is 14.4 Å². The van der Waals surface area contributed by atoms with Crippen molar-refractivity contribution in [3.63, 3.8) is 0 Å². The number of anilines is 1. The lowest BCUT2D eigenvalue weighted by molar-refractivity contribution is -0.137. The van der Waals surface area contributed by atoms with E-state index < -0.39 is 0 Å². The minimum Gasteiger partial charge on any atom is -0.501 e. The topological polar surface area (TPSA) is 118 Å². The number of aromatic nitrogens is 1. The fraction of sp³-hybridized carbons (Fsp3) is 0.200. The zero-order chi connectivity index (χ0) is 26.2. The van der Waals surface area contributed by atoms with Crippen LogP contribution in [0.15, 0.2) is 69.9 Å². The molecule has 2 N–H and O–H groups in total. The van der Waals surface area contributed by atoms with E-state index in [1.165, 1.54) is 25.6 Å². The third-order valence-corrected chi connectivity index (χ3v) is 4.98. The summed E-state index contributed by atoms with van der Waals surface area (Å²) < 4.78 is 15.8. The van der Waals surface area contributed by atoms with Crippen LogP contribution in [0.1, 0.15) is 34.6 Å². The Morgan fingerprint density at radius 2 is 1.71 bits per heavy atom. The highest BCUT2D eigenvalue weighted by Crippen LogP contribution is 2.19. The first-order valence-corrected chi connectivity index (χ1v) is 11.9. The second kappa shape index (κ2) is 16.4. The van der Waals surface area contributed by atoms with Crippen molar-refractivity contribution in [2.24, 2.45) is 0 Å². The van der Waals surface area contributed by atoms with Gasteiger partial charge < -0.3 is 19.9 Å². The van der Waals surface area contributed by atoms with Gasteiger partial charge in [-0.2, -0.15) is 0 Å². The molecule has 0 spiro atoms. The molecule has 0 saturated heterocycles. The molecule has 0 radical (unpaired) electrons. The van der Waals surface area contributed by atoms with Gasteiger partial charge in [0.15, 0.2) is 6.29 Å². The Hall–Kier alpha value is -3.24. The second-order valence-electron chi connectivity index (χ2n) is 6.45. The summed E-state index contributed by atoms with van der Waals surface area (Å²) in [5.74, 6) is -0.736. The SMILES string of the molecule is CCO/C=C/C(=O)OCC.COC(=O)c1cnc2ccc(Br)cc2c1.Nc1ccc(Br)cc1C=O. The lowest BCUT2D eigenvalue weighted by Gasteiger charge is -2.01. The summed E-state index contributed by atoms with van der Waals surface area (Å²) in [4.78, 5) is 36.2. The monoisotopic (exact) mass is 608 g/mol. The average molecular weight is 610 g/mol. The average Bonchev–Trinajstić information content (AvgIpc) is 2.85. The summed E-state index contributed by atoms with van der Waals surface area (Å²) >= 11 is 6.59. The van der Waals surface area contributed by atoms with Gasteiger partial charge in [0, 0.05) is 31.8 Å². The van der Waals surface area contributed by atoms with Gasteiger partial charge in [-0.05, 0) is 56.3 Å². The number of nitrogens with two attached hydrogens (primary N) is 1. The molecule has 1 aromatic heterocycles. The molecule has 2 aromatic carbocycles. The number of methoxy groups -OCH3 is 1. The Bertz CT molecular complexity index is 1170. The van der Waals surface area contributed by atoms with Crippen LogP contribution in [-0.4, -0.2) is 43.5 Å². The molecule has 0 unspecified atom stereocenters. The van der Waals surface area contributed by atoms with Crippen LogP contribution in [0.4, 0.5) is 5.69 Å².